The summed E-state index contributed by atoms with van der Waals surface area (Å²) in [5.41, 5.74) is 1.92. The van der Waals surface area contributed by atoms with Crippen molar-refractivity contribution in [3.05, 3.63) is 29.8 Å². The summed E-state index contributed by atoms with van der Waals surface area (Å²) in [6, 6.07) is 5.92. The van der Waals surface area contributed by atoms with Crippen LogP contribution in [0, 0.1) is 0 Å². The Balaban J connectivity index is 2.36. The van der Waals surface area contributed by atoms with Gasteiger partial charge < -0.3 is 14.7 Å². The molecular weight excluding hydrogens is 202 g/mol. The third-order valence-corrected chi connectivity index (χ3v) is 2.89. The van der Waals surface area contributed by atoms with Crippen LogP contribution in [0.1, 0.15) is 19.4 Å². The molecule has 1 aliphatic heterocycles. The first-order valence-electron chi connectivity index (χ1n) is 5.67. The first kappa shape index (κ1) is 10.9. The van der Waals surface area contributed by atoms with Crippen molar-refractivity contribution in [3.63, 3.8) is 0 Å². The fourth-order valence-electron chi connectivity index (χ4n) is 1.95. The topological polar surface area (TPSA) is 32.7 Å². The number of aliphatic hydroxyl groups excluding tert-OH is 1. The van der Waals surface area contributed by atoms with Gasteiger partial charge in [-0.3, -0.25) is 0 Å². The molecule has 1 aromatic carbocycles. The average Bonchev–Trinajstić information content (AvgIpc) is 2.31. The Morgan fingerprint density at radius 1 is 1.31 bits per heavy atom. The molecule has 0 unspecified atom stereocenters. The van der Waals surface area contributed by atoms with Gasteiger partial charge >= 0.3 is 0 Å². The summed E-state index contributed by atoms with van der Waals surface area (Å²) in [6.45, 7) is 6.64. The highest BCUT2D eigenvalue weighted by molar-refractivity contribution is 5.70. The number of ether oxygens (including phenoxy) is 1. The number of fused-ring (bicyclic) bond motifs is 1. The molecule has 0 bridgehead atoms. The first-order valence-corrected chi connectivity index (χ1v) is 5.67. The molecular formula is C13H17NO2. The molecule has 16 heavy (non-hydrogen) atoms. The number of aliphatic hydroxyl groups is 1. The van der Waals surface area contributed by atoms with Crippen LogP contribution in [0.2, 0.25) is 0 Å². The number of nitrogens with zero attached hydrogens (tertiary/aromatic N) is 1. The zero-order chi connectivity index (χ0) is 11.5. The lowest BCUT2D eigenvalue weighted by Gasteiger charge is -2.23. The first-order chi connectivity index (χ1) is 7.76. The summed E-state index contributed by atoms with van der Waals surface area (Å²) in [4.78, 5) is 2.25. The van der Waals surface area contributed by atoms with E-state index in [1.165, 1.54) is 0 Å². The lowest BCUT2D eigenvalue weighted by atomic mass is 10.1. The summed E-state index contributed by atoms with van der Waals surface area (Å²) in [7, 11) is 0. The van der Waals surface area contributed by atoms with Gasteiger partial charge in [-0.1, -0.05) is 0 Å². The van der Waals surface area contributed by atoms with Crippen LogP contribution in [0.15, 0.2) is 24.3 Å². The summed E-state index contributed by atoms with van der Waals surface area (Å²) >= 11 is 0. The Morgan fingerprint density at radius 2 is 2.06 bits per heavy atom. The summed E-state index contributed by atoms with van der Waals surface area (Å²) in [5, 5.41) is 9.67. The van der Waals surface area contributed by atoms with E-state index in [-0.39, 0.29) is 0 Å². The molecule has 3 nitrogen and oxygen atoms in total. The van der Waals surface area contributed by atoms with Crippen molar-refractivity contribution < 1.29 is 9.84 Å². The molecule has 3 heteroatoms. The van der Waals surface area contributed by atoms with E-state index in [2.05, 4.69) is 18.7 Å². The van der Waals surface area contributed by atoms with Gasteiger partial charge in [0.1, 0.15) is 18.1 Å². The summed E-state index contributed by atoms with van der Waals surface area (Å²) < 4.78 is 5.51. The Labute approximate surface area is 96.0 Å². The van der Waals surface area contributed by atoms with Crippen molar-refractivity contribution in [2.75, 3.05) is 24.6 Å². The zero-order valence-corrected chi connectivity index (χ0v) is 9.73. The van der Waals surface area contributed by atoms with Gasteiger partial charge in [-0.25, -0.2) is 0 Å². The van der Waals surface area contributed by atoms with Gasteiger partial charge in [0, 0.05) is 24.8 Å². The second-order valence-corrected chi connectivity index (χ2v) is 3.75. The largest absolute Gasteiger partial charge is 0.507 e. The smallest absolute Gasteiger partial charge is 0.132 e. The van der Waals surface area contributed by atoms with Crippen molar-refractivity contribution in [1.29, 1.82) is 0 Å². The number of rotatable bonds is 3. The van der Waals surface area contributed by atoms with Crippen molar-refractivity contribution in [2.45, 2.75) is 13.8 Å². The molecule has 1 aliphatic rings. The molecule has 0 atom stereocenters. The second-order valence-electron chi connectivity index (χ2n) is 3.75. The molecule has 1 aromatic rings. The number of benzene rings is 1. The van der Waals surface area contributed by atoms with Crippen molar-refractivity contribution in [1.82, 2.24) is 0 Å². The number of hydrogen-bond acceptors (Lipinski definition) is 3. The third-order valence-electron chi connectivity index (χ3n) is 2.89. The molecule has 2 rings (SSSR count). The van der Waals surface area contributed by atoms with Crippen LogP contribution in [-0.2, 0) is 0 Å². The molecule has 0 amide bonds. The van der Waals surface area contributed by atoms with Crippen molar-refractivity contribution >= 4 is 11.4 Å². The predicted octanol–water partition coefficient (Wildman–Crippen LogP) is 2.82. The molecule has 1 N–H and O–H groups in total. The highest BCUT2D eigenvalue weighted by atomic mass is 16.5. The highest BCUT2D eigenvalue weighted by Gasteiger charge is 2.14. The van der Waals surface area contributed by atoms with Gasteiger partial charge in [-0.2, -0.15) is 0 Å². The van der Waals surface area contributed by atoms with E-state index >= 15 is 0 Å². The van der Waals surface area contributed by atoms with E-state index in [9.17, 15) is 5.11 Å². The van der Waals surface area contributed by atoms with Crippen LogP contribution in [0.5, 0.6) is 5.75 Å². The lowest BCUT2D eigenvalue weighted by molar-refractivity contribution is 0.346. The maximum atomic E-state index is 9.67. The molecule has 0 saturated heterocycles. The quantitative estimate of drug-likeness (QED) is 0.848. The average molecular weight is 219 g/mol. The van der Waals surface area contributed by atoms with Crippen LogP contribution >= 0.6 is 0 Å². The monoisotopic (exact) mass is 219 g/mol. The van der Waals surface area contributed by atoms with Crippen LogP contribution < -0.4 is 9.64 Å². The van der Waals surface area contributed by atoms with Crippen molar-refractivity contribution in [2.24, 2.45) is 0 Å². The van der Waals surface area contributed by atoms with Gasteiger partial charge in [0.2, 0.25) is 0 Å². The maximum absolute atomic E-state index is 9.67. The molecule has 0 aromatic heterocycles. The Morgan fingerprint density at radius 3 is 2.75 bits per heavy atom. The molecule has 0 fully saturated rings. The predicted molar refractivity (Wildman–Crippen MR) is 66.1 cm³/mol. The Bertz CT molecular complexity index is 408. The standard InChI is InChI=1S/C13H17NO2/c1-3-14(4-2)10-5-6-11-12(15)7-8-16-13(11)9-10/h5-7,9,15H,3-4,8H2,1-2H3. The molecule has 0 aliphatic carbocycles. The SMILES string of the molecule is CCN(CC)c1ccc2c(c1)OCC=C2O. The van der Waals surface area contributed by atoms with E-state index in [1.54, 1.807) is 6.08 Å². The fraction of sp³-hybridized carbons (Fsp3) is 0.385. The molecule has 0 saturated carbocycles. The van der Waals surface area contributed by atoms with Crippen LogP contribution in [0.3, 0.4) is 0 Å². The van der Waals surface area contributed by atoms with Gasteiger partial charge in [0.25, 0.3) is 0 Å². The Hall–Kier alpha value is -1.64. The molecule has 0 spiro atoms. The van der Waals surface area contributed by atoms with E-state index < -0.39 is 0 Å². The number of anilines is 1. The van der Waals surface area contributed by atoms with E-state index in [1.807, 2.05) is 18.2 Å². The van der Waals surface area contributed by atoms with E-state index in [0.29, 0.717) is 12.4 Å². The Kier molecular flexibility index (Phi) is 3.04. The molecule has 0 radical (unpaired) electrons. The van der Waals surface area contributed by atoms with Gasteiger partial charge in [0.15, 0.2) is 0 Å². The van der Waals surface area contributed by atoms with Gasteiger partial charge in [-0.15, -0.1) is 0 Å². The normalized spacial score (nSPS) is 13.8. The minimum Gasteiger partial charge on any atom is -0.507 e. The zero-order valence-electron chi connectivity index (χ0n) is 9.73. The lowest BCUT2D eigenvalue weighted by Crippen LogP contribution is -2.22. The number of hydrogen-bond donors (Lipinski definition) is 1. The van der Waals surface area contributed by atoms with Crippen LogP contribution in [-0.4, -0.2) is 24.8 Å². The van der Waals surface area contributed by atoms with Gasteiger partial charge in [-0.05, 0) is 32.1 Å². The fourth-order valence-corrected chi connectivity index (χ4v) is 1.95. The van der Waals surface area contributed by atoms with Gasteiger partial charge in [0.05, 0.1) is 5.56 Å². The maximum Gasteiger partial charge on any atom is 0.132 e. The van der Waals surface area contributed by atoms with Crippen molar-refractivity contribution in [3.8, 4) is 5.75 Å². The minimum absolute atomic E-state index is 0.312. The second kappa shape index (κ2) is 4.47. The minimum atomic E-state index is 0.312. The summed E-state index contributed by atoms with van der Waals surface area (Å²) in [5.74, 6) is 1.08. The van der Waals surface area contributed by atoms with E-state index in [0.717, 1.165) is 30.1 Å². The van der Waals surface area contributed by atoms with E-state index in [4.69, 9.17) is 4.74 Å². The molecule has 86 valence electrons. The highest BCUT2D eigenvalue weighted by Crippen LogP contribution is 2.32. The van der Waals surface area contributed by atoms with Crippen LogP contribution in [0.25, 0.3) is 5.76 Å². The molecule has 1 heterocycles. The van der Waals surface area contributed by atoms with Crippen LogP contribution in [0.4, 0.5) is 5.69 Å². The third kappa shape index (κ3) is 1.85. The summed E-state index contributed by atoms with van der Waals surface area (Å²) in [6.07, 6.45) is 1.68.